The maximum Gasteiger partial charge on any atom is 0.319 e. The van der Waals surface area contributed by atoms with E-state index in [1.165, 1.54) is 12.8 Å². The van der Waals surface area contributed by atoms with Gasteiger partial charge in [-0.3, -0.25) is 9.59 Å². The molecule has 5 heteroatoms. The van der Waals surface area contributed by atoms with Gasteiger partial charge >= 0.3 is 5.97 Å². The van der Waals surface area contributed by atoms with Crippen molar-refractivity contribution in [3.63, 3.8) is 0 Å². The number of carbonyl (C=O) groups excluding carboxylic acids is 1. The van der Waals surface area contributed by atoms with E-state index in [1.54, 1.807) is 13.8 Å². The fourth-order valence-corrected chi connectivity index (χ4v) is 2.45. The van der Waals surface area contributed by atoms with E-state index >= 15 is 0 Å². The number of carboxylic acid groups (broad SMARTS) is 1. The van der Waals surface area contributed by atoms with E-state index in [0.29, 0.717) is 19.4 Å². The molecule has 0 aromatic heterocycles. The number of hydrogen-bond acceptors (Lipinski definition) is 3. The first kappa shape index (κ1) is 15.0. The number of hydrogen-bond donors (Lipinski definition) is 3. The van der Waals surface area contributed by atoms with E-state index in [9.17, 15) is 14.7 Å². The topological polar surface area (TPSA) is 78.4 Å². The molecule has 0 spiro atoms. The van der Waals surface area contributed by atoms with Gasteiger partial charge in [0.05, 0.1) is 0 Å². The second kappa shape index (κ2) is 6.73. The van der Waals surface area contributed by atoms with Crippen molar-refractivity contribution in [1.82, 2.24) is 10.6 Å². The van der Waals surface area contributed by atoms with E-state index in [2.05, 4.69) is 10.6 Å². The van der Waals surface area contributed by atoms with Gasteiger partial charge in [-0.15, -0.1) is 0 Å². The first-order valence-electron chi connectivity index (χ1n) is 6.82. The van der Waals surface area contributed by atoms with Gasteiger partial charge in [0.15, 0.2) is 0 Å². The lowest BCUT2D eigenvalue weighted by Gasteiger charge is -2.28. The molecular formula is C13H24N2O3. The van der Waals surface area contributed by atoms with Crippen LogP contribution in [-0.2, 0) is 9.59 Å². The fraction of sp³-hybridized carbons (Fsp3) is 0.846. The third-order valence-electron chi connectivity index (χ3n) is 3.97. The Hall–Kier alpha value is -1.10. The summed E-state index contributed by atoms with van der Waals surface area (Å²) in [7, 11) is 0. The van der Waals surface area contributed by atoms with Gasteiger partial charge in [0.25, 0.3) is 0 Å². The van der Waals surface area contributed by atoms with Crippen molar-refractivity contribution in [3.05, 3.63) is 0 Å². The second-order valence-corrected chi connectivity index (χ2v) is 4.95. The predicted molar refractivity (Wildman–Crippen MR) is 69.3 cm³/mol. The Balaban J connectivity index is 2.53. The number of carboxylic acids is 1. The van der Waals surface area contributed by atoms with Crippen molar-refractivity contribution in [2.75, 3.05) is 13.1 Å². The van der Waals surface area contributed by atoms with Gasteiger partial charge in [0.1, 0.15) is 5.41 Å². The maximum atomic E-state index is 12.1. The van der Waals surface area contributed by atoms with Crippen LogP contribution in [-0.4, -0.2) is 36.1 Å². The minimum Gasteiger partial charge on any atom is -0.480 e. The summed E-state index contributed by atoms with van der Waals surface area (Å²) in [6.45, 7) is 4.99. The molecule has 0 aromatic carbocycles. The lowest BCUT2D eigenvalue weighted by molar-refractivity contribution is -0.156. The SMILES string of the molecule is CCC(CC)(C(=O)O)C(=O)NCC1CCCCN1. The molecule has 3 N–H and O–H groups in total. The van der Waals surface area contributed by atoms with Crippen molar-refractivity contribution in [2.45, 2.75) is 52.0 Å². The highest BCUT2D eigenvalue weighted by atomic mass is 16.4. The van der Waals surface area contributed by atoms with Crippen LogP contribution in [0.25, 0.3) is 0 Å². The fourth-order valence-electron chi connectivity index (χ4n) is 2.45. The smallest absolute Gasteiger partial charge is 0.319 e. The maximum absolute atomic E-state index is 12.1. The summed E-state index contributed by atoms with van der Waals surface area (Å²) in [6.07, 6.45) is 4.02. The third kappa shape index (κ3) is 3.22. The van der Waals surface area contributed by atoms with E-state index in [4.69, 9.17) is 0 Å². The molecule has 1 aliphatic rings. The molecule has 1 fully saturated rings. The molecule has 1 unspecified atom stereocenters. The number of piperidine rings is 1. The van der Waals surface area contributed by atoms with E-state index < -0.39 is 11.4 Å². The Morgan fingerprint density at radius 3 is 2.44 bits per heavy atom. The quantitative estimate of drug-likeness (QED) is 0.623. The van der Waals surface area contributed by atoms with Crippen molar-refractivity contribution in [2.24, 2.45) is 5.41 Å². The van der Waals surface area contributed by atoms with Crippen LogP contribution in [0, 0.1) is 5.41 Å². The van der Waals surface area contributed by atoms with Crippen LogP contribution in [0.4, 0.5) is 0 Å². The van der Waals surface area contributed by atoms with E-state index in [0.717, 1.165) is 13.0 Å². The van der Waals surface area contributed by atoms with Crippen molar-refractivity contribution >= 4 is 11.9 Å². The molecule has 5 nitrogen and oxygen atoms in total. The molecule has 1 amide bonds. The van der Waals surface area contributed by atoms with Gasteiger partial charge in [-0.1, -0.05) is 20.3 Å². The zero-order valence-corrected chi connectivity index (χ0v) is 11.3. The molecule has 0 bridgehead atoms. The number of nitrogens with one attached hydrogen (secondary N) is 2. The van der Waals surface area contributed by atoms with Crippen LogP contribution in [0.1, 0.15) is 46.0 Å². The molecule has 0 saturated carbocycles. The van der Waals surface area contributed by atoms with Crippen LogP contribution in [0.3, 0.4) is 0 Å². The van der Waals surface area contributed by atoms with E-state index in [1.807, 2.05) is 0 Å². The normalized spacial score (nSPS) is 20.4. The monoisotopic (exact) mass is 256 g/mol. The van der Waals surface area contributed by atoms with Crippen molar-refractivity contribution in [1.29, 1.82) is 0 Å². The summed E-state index contributed by atoms with van der Waals surface area (Å²) >= 11 is 0. The third-order valence-corrected chi connectivity index (χ3v) is 3.97. The molecule has 1 atom stereocenters. The standard InChI is InChI=1S/C13H24N2O3/c1-3-13(4-2,12(17)18)11(16)15-9-10-7-5-6-8-14-10/h10,14H,3-9H2,1-2H3,(H,15,16)(H,17,18). The highest BCUT2D eigenvalue weighted by molar-refractivity contribution is 6.01. The lowest BCUT2D eigenvalue weighted by Crippen LogP contribution is -2.50. The average molecular weight is 256 g/mol. The van der Waals surface area contributed by atoms with Crippen LogP contribution < -0.4 is 10.6 Å². The second-order valence-electron chi connectivity index (χ2n) is 4.95. The molecule has 1 aliphatic heterocycles. The Kier molecular flexibility index (Phi) is 5.59. The van der Waals surface area contributed by atoms with Crippen molar-refractivity contribution in [3.8, 4) is 0 Å². The molecule has 1 saturated heterocycles. The average Bonchev–Trinajstić information content (AvgIpc) is 2.39. The van der Waals surface area contributed by atoms with Gasteiger partial charge in [0.2, 0.25) is 5.91 Å². The molecule has 1 rings (SSSR count). The number of carbonyl (C=O) groups is 2. The Labute approximate surface area is 108 Å². The zero-order valence-electron chi connectivity index (χ0n) is 11.3. The highest BCUT2D eigenvalue weighted by Gasteiger charge is 2.42. The van der Waals surface area contributed by atoms with Gasteiger partial charge in [-0.25, -0.2) is 0 Å². The first-order chi connectivity index (χ1) is 8.56. The number of rotatable bonds is 6. The molecule has 1 heterocycles. The molecule has 0 aromatic rings. The lowest BCUT2D eigenvalue weighted by atomic mass is 9.81. The number of aliphatic carboxylic acids is 1. The van der Waals surface area contributed by atoms with Crippen LogP contribution >= 0.6 is 0 Å². The summed E-state index contributed by atoms with van der Waals surface area (Å²) in [5.41, 5.74) is -1.27. The minimum atomic E-state index is -1.27. The number of amides is 1. The summed E-state index contributed by atoms with van der Waals surface area (Å²) in [6, 6.07) is 0.280. The van der Waals surface area contributed by atoms with E-state index in [-0.39, 0.29) is 11.9 Å². The molecule has 18 heavy (non-hydrogen) atoms. The van der Waals surface area contributed by atoms with Crippen LogP contribution in [0.15, 0.2) is 0 Å². The van der Waals surface area contributed by atoms with Gasteiger partial charge < -0.3 is 15.7 Å². The van der Waals surface area contributed by atoms with Crippen LogP contribution in [0.2, 0.25) is 0 Å². The summed E-state index contributed by atoms with van der Waals surface area (Å²) in [5, 5.41) is 15.4. The minimum absolute atomic E-state index is 0.280. The Bertz CT molecular complexity index is 295. The Morgan fingerprint density at radius 2 is 2.00 bits per heavy atom. The van der Waals surface area contributed by atoms with Crippen LogP contribution in [0.5, 0.6) is 0 Å². The zero-order chi connectivity index (χ0) is 13.6. The molecule has 0 aliphatic carbocycles. The summed E-state index contributed by atoms with van der Waals surface area (Å²) in [4.78, 5) is 23.4. The highest BCUT2D eigenvalue weighted by Crippen LogP contribution is 2.27. The first-order valence-corrected chi connectivity index (χ1v) is 6.82. The predicted octanol–water partition coefficient (Wildman–Crippen LogP) is 1.14. The Morgan fingerprint density at radius 1 is 1.33 bits per heavy atom. The summed E-state index contributed by atoms with van der Waals surface area (Å²) in [5.74, 6) is -1.38. The van der Waals surface area contributed by atoms with Gasteiger partial charge in [0, 0.05) is 12.6 Å². The summed E-state index contributed by atoms with van der Waals surface area (Å²) < 4.78 is 0. The van der Waals surface area contributed by atoms with Gasteiger partial charge in [-0.05, 0) is 32.2 Å². The van der Waals surface area contributed by atoms with Gasteiger partial charge in [-0.2, -0.15) is 0 Å². The molecule has 0 radical (unpaired) electrons. The molecule has 104 valence electrons. The largest absolute Gasteiger partial charge is 0.480 e. The van der Waals surface area contributed by atoms with Crippen molar-refractivity contribution < 1.29 is 14.7 Å². The molecular weight excluding hydrogens is 232 g/mol.